The number of halogens is 1. The van der Waals surface area contributed by atoms with Crippen molar-refractivity contribution in [3.05, 3.63) is 45.7 Å². The molecule has 21 heavy (non-hydrogen) atoms. The third-order valence-electron chi connectivity index (χ3n) is 3.71. The van der Waals surface area contributed by atoms with Crippen molar-refractivity contribution in [3.8, 4) is 5.69 Å². The molecule has 2 aromatic rings. The lowest BCUT2D eigenvalue weighted by atomic mass is 10.2. The highest BCUT2D eigenvalue weighted by molar-refractivity contribution is 6.32. The first kappa shape index (κ1) is 16.0. The van der Waals surface area contributed by atoms with Crippen molar-refractivity contribution < 1.29 is 4.74 Å². The van der Waals surface area contributed by atoms with Crippen molar-refractivity contribution in [2.75, 3.05) is 20.3 Å². The smallest absolute Gasteiger partial charge is 0.0835 e. The number of benzene rings is 1. The van der Waals surface area contributed by atoms with Gasteiger partial charge in [0.2, 0.25) is 0 Å². The van der Waals surface area contributed by atoms with Crippen LogP contribution < -0.4 is 5.32 Å². The number of nitrogens with one attached hydrogen (secondary N) is 1. The Labute approximate surface area is 131 Å². The lowest BCUT2D eigenvalue weighted by Gasteiger charge is -2.10. The van der Waals surface area contributed by atoms with Crippen LogP contribution in [0.5, 0.6) is 0 Å². The summed E-state index contributed by atoms with van der Waals surface area (Å²) >= 11 is 6.42. The summed E-state index contributed by atoms with van der Waals surface area (Å²) in [6.07, 6.45) is 0. The molecule has 0 bridgehead atoms. The standard InChI is InChI=1S/C16H22ClN3O/c1-11-12(2)19-20(13(11)3)16-6-5-14(9-15(16)17)10-18-7-8-21-4/h5-6,9,18H,7-8,10H2,1-4H3. The zero-order valence-corrected chi connectivity index (χ0v) is 13.8. The van der Waals surface area contributed by atoms with Crippen molar-refractivity contribution in [1.29, 1.82) is 0 Å². The Kier molecular flexibility index (Phi) is 5.39. The molecule has 0 aliphatic rings. The minimum absolute atomic E-state index is 0.705. The van der Waals surface area contributed by atoms with Gasteiger partial charge in [-0.2, -0.15) is 5.10 Å². The number of hydrogen-bond acceptors (Lipinski definition) is 3. The van der Waals surface area contributed by atoms with Gasteiger partial charge < -0.3 is 10.1 Å². The molecule has 1 heterocycles. The predicted molar refractivity (Wildman–Crippen MR) is 86.4 cm³/mol. The van der Waals surface area contributed by atoms with E-state index in [4.69, 9.17) is 16.3 Å². The fourth-order valence-electron chi connectivity index (χ4n) is 2.19. The second-order valence-electron chi connectivity index (χ2n) is 5.16. The number of hydrogen-bond donors (Lipinski definition) is 1. The minimum atomic E-state index is 0.705. The molecule has 0 saturated carbocycles. The number of methoxy groups -OCH3 is 1. The van der Waals surface area contributed by atoms with Crippen LogP contribution in [0.15, 0.2) is 18.2 Å². The highest BCUT2D eigenvalue weighted by Crippen LogP contribution is 2.24. The van der Waals surface area contributed by atoms with E-state index in [9.17, 15) is 0 Å². The van der Waals surface area contributed by atoms with Gasteiger partial charge in [0.25, 0.3) is 0 Å². The third-order valence-corrected chi connectivity index (χ3v) is 4.01. The van der Waals surface area contributed by atoms with Crippen LogP contribution in [0, 0.1) is 20.8 Å². The van der Waals surface area contributed by atoms with E-state index in [-0.39, 0.29) is 0 Å². The van der Waals surface area contributed by atoms with E-state index in [1.807, 2.05) is 23.7 Å². The normalized spacial score (nSPS) is 11.1. The molecule has 0 amide bonds. The second-order valence-corrected chi connectivity index (χ2v) is 5.57. The Morgan fingerprint density at radius 3 is 2.62 bits per heavy atom. The molecule has 1 N–H and O–H groups in total. The van der Waals surface area contributed by atoms with Crippen LogP contribution in [0.1, 0.15) is 22.5 Å². The van der Waals surface area contributed by atoms with Crippen molar-refractivity contribution in [3.63, 3.8) is 0 Å². The highest BCUT2D eigenvalue weighted by atomic mass is 35.5. The number of aryl methyl sites for hydroxylation is 1. The fraction of sp³-hybridized carbons (Fsp3) is 0.438. The van der Waals surface area contributed by atoms with Crippen molar-refractivity contribution in [2.45, 2.75) is 27.3 Å². The maximum atomic E-state index is 6.42. The Morgan fingerprint density at radius 2 is 2.05 bits per heavy atom. The molecular formula is C16H22ClN3O. The molecule has 0 fully saturated rings. The van der Waals surface area contributed by atoms with E-state index >= 15 is 0 Å². The van der Waals surface area contributed by atoms with Gasteiger partial charge in [-0.3, -0.25) is 0 Å². The molecule has 0 saturated heterocycles. The summed E-state index contributed by atoms with van der Waals surface area (Å²) in [7, 11) is 1.70. The summed E-state index contributed by atoms with van der Waals surface area (Å²) in [4.78, 5) is 0. The minimum Gasteiger partial charge on any atom is -0.383 e. The zero-order chi connectivity index (χ0) is 15.4. The molecule has 5 heteroatoms. The molecular weight excluding hydrogens is 286 g/mol. The van der Waals surface area contributed by atoms with Gasteiger partial charge in [0, 0.05) is 25.9 Å². The van der Waals surface area contributed by atoms with E-state index in [1.165, 1.54) is 5.56 Å². The average Bonchev–Trinajstić information content (AvgIpc) is 2.71. The zero-order valence-electron chi connectivity index (χ0n) is 13.0. The van der Waals surface area contributed by atoms with Crippen molar-refractivity contribution in [1.82, 2.24) is 15.1 Å². The highest BCUT2D eigenvalue weighted by Gasteiger charge is 2.11. The van der Waals surface area contributed by atoms with Crippen LogP contribution in [-0.2, 0) is 11.3 Å². The molecule has 0 unspecified atom stereocenters. The molecule has 0 spiro atoms. The quantitative estimate of drug-likeness (QED) is 0.833. The van der Waals surface area contributed by atoms with Gasteiger partial charge in [0.1, 0.15) is 0 Å². The van der Waals surface area contributed by atoms with Gasteiger partial charge in [0.05, 0.1) is 23.0 Å². The number of rotatable bonds is 6. The van der Waals surface area contributed by atoms with Crippen LogP contribution in [0.25, 0.3) is 5.69 Å². The van der Waals surface area contributed by atoms with Gasteiger partial charge in [-0.05, 0) is 44.0 Å². The van der Waals surface area contributed by atoms with Gasteiger partial charge in [-0.15, -0.1) is 0 Å². The van der Waals surface area contributed by atoms with Gasteiger partial charge in [-0.25, -0.2) is 4.68 Å². The topological polar surface area (TPSA) is 39.1 Å². The van der Waals surface area contributed by atoms with Crippen LogP contribution in [0.4, 0.5) is 0 Å². The SMILES string of the molecule is COCCNCc1ccc(-n2nc(C)c(C)c2C)c(Cl)c1. The van der Waals surface area contributed by atoms with E-state index in [1.54, 1.807) is 7.11 Å². The van der Waals surface area contributed by atoms with Crippen molar-refractivity contribution >= 4 is 11.6 Å². The predicted octanol–water partition coefficient (Wildman–Crippen LogP) is 3.19. The summed E-state index contributed by atoms with van der Waals surface area (Å²) in [5.74, 6) is 0. The molecule has 4 nitrogen and oxygen atoms in total. The maximum Gasteiger partial charge on any atom is 0.0835 e. The van der Waals surface area contributed by atoms with Gasteiger partial charge >= 0.3 is 0 Å². The first-order chi connectivity index (χ1) is 10.0. The molecule has 0 radical (unpaired) electrons. The monoisotopic (exact) mass is 307 g/mol. The third kappa shape index (κ3) is 3.64. The molecule has 1 aromatic carbocycles. The first-order valence-electron chi connectivity index (χ1n) is 7.06. The second kappa shape index (κ2) is 7.07. The largest absolute Gasteiger partial charge is 0.383 e. The van der Waals surface area contributed by atoms with Crippen molar-refractivity contribution in [2.24, 2.45) is 0 Å². The first-order valence-corrected chi connectivity index (χ1v) is 7.43. The van der Waals surface area contributed by atoms with E-state index < -0.39 is 0 Å². The number of aromatic nitrogens is 2. The summed E-state index contributed by atoms with van der Waals surface area (Å²) in [6.45, 7) is 8.46. The van der Waals surface area contributed by atoms with E-state index in [2.05, 4.69) is 30.3 Å². The van der Waals surface area contributed by atoms with Gasteiger partial charge in [0.15, 0.2) is 0 Å². The average molecular weight is 308 g/mol. The van der Waals surface area contributed by atoms with Gasteiger partial charge in [-0.1, -0.05) is 17.7 Å². The van der Waals surface area contributed by atoms with Crippen LogP contribution >= 0.6 is 11.6 Å². The molecule has 1 aromatic heterocycles. The fourth-order valence-corrected chi connectivity index (χ4v) is 2.48. The van der Waals surface area contributed by atoms with E-state index in [0.29, 0.717) is 11.6 Å². The summed E-state index contributed by atoms with van der Waals surface area (Å²) in [5.41, 5.74) is 5.44. The Morgan fingerprint density at radius 1 is 1.29 bits per heavy atom. The summed E-state index contributed by atoms with van der Waals surface area (Å²) in [6, 6.07) is 6.09. The van der Waals surface area contributed by atoms with Crippen LogP contribution in [0.3, 0.4) is 0 Å². The molecule has 0 aliphatic heterocycles. The Bertz CT molecular complexity index is 622. The van der Waals surface area contributed by atoms with Crippen LogP contribution in [-0.4, -0.2) is 30.0 Å². The maximum absolute atomic E-state index is 6.42. The number of ether oxygens (including phenoxy) is 1. The Hall–Kier alpha value is -1.36. The molecule has 0 atom stereocenters. The Balaban J connectivity index is 2.17. The lowest BCUT2D eigenvalue weighted by molar-refractivity contribution is 0.199. The summed E-state index contributed by atoms with van der Waals surface area (Å²) < 4.78 is 6.92. The molecule has 2 rings (SSSR count). The van der Waals surface area contributed by atoms with E-state index in [0.717, 1.165) is 35.7 Å². The molecule has 0 aliphatic carbocycles. The van der Waals surface area contributed by atoms with Crippen LogP contribution in [0.2, 0.25) is 5.02 Å². The lowest BCUT2D eigenvalue weighted by Crippen LogP contribution is -2.18. The molecule has 114 valence electrons. The number of nitrogens with zero attached hydrogens (tertiary/aromatic N) is 2. The summed E-state index contributed by atoms with van der Waals surface area (Å²) in [5, 5.41) is 8.58.